The van der Waals surface area contributed by atoms with Gasteiger partial charge in [0, 0.05) is 15.7 Å². The Morgan fingerprint density at radius 1 is 1.00 bits per heavy atom. The summed E-state index contributed by atoms with van der Waals surface area (Å²) in [5, 5.41) is 8.71. The van der Waals surface area contributed by atoms with Crippen molar-refractivity contribution in [2.75, 3.05) is 0 Å². The Hall–Kier alpha value is -1.26. The van der Waals surface area contributed by atoms with Crippen LogP contribution in [0.1, 0.15) is 0 Å². The quantitative estimate of drug-likeness (QED) is 0.725. The molecule has 0 radical (unpaired) electrons. The van der Waals surface area contributed by atoms with Crippen LogP contribution in [0, 0.1) is 0 Å². The molecule has 3 nitrogen and oxygen atoms in total. The summed E-state index contributed by atoms with van der Waals surface area (Å²) in [5.74, 6) is 0.568. The van der Waals surface area contributed by atoms with Crippen LogP contribution in [-0.4, -0.2) is 4.98 Å². The molecule has 0 aliphatic rings. The van der Waals surface area contributed by atoms with Crippen LogP contribution in [0.2, 0.25) is 5.02 Å². The van der Waals surface area contributed by atoms with E-state index in [-0.39, 0.29) is 0 Å². The van der Waals surface area contributed by atoms with Gasteiger partial charge in [0.15, 0.2) is 5.82 Å². The Kier molecular flexibility index (Phi) is 3.64. The molecule has 0 bridgehead atoms. The summed E-state index contributed by atoms with van der Waals surface area (Å²) in [7, 11) is 0. The number of aromatic nitrogens is 1. The lowest BCUT2D eigenvalue weighted by atomic mass is 10.3. The van der Waals surface area contributed by atoms with Gasteiger partial charge in [-0.15, -0.1) is 10.2 Å². The van der Waals surface area contributed by atoms with Gasteiger partial charge in [0.05, 0.1) is 5.69 Å². The van der Waals surface area contributed by atoms with Crippen molar-refractivity contribution >= 4 is 39.0 Å². The van der Waals surface area contributed by atoms with E-state index in [0.717, 1.165) is 10.2 Å². The van der Waals surface area contributed by atoms with Gasteiger partial charge in [0.25, 0.3) is 0 Å². The first-order valence-corrected chi connectivity index (χ1v) is 5.70. The molecule has 0 aliphatic heterocycles. The maximum absolute atomic E-state index is 5.76. The van der Waals surface area contributed by atoms with Crippen molar-refractivity contribution in [2.24, 2.45) is 10.2 Å². The van der Waals surface area contributed by atoms with E-state index in [1.54, 1.807) is 36.5 Å². The molecule has 1 aromatic carbocycles. The summed E-state index contributed by atoms with van der Waals surface area (Å²) < 4.78 is 0.915. The van der Waals surface area contributed by atoms with Crippen LogP contribution < -0.4 is 0 Å². The number of azo groups is 1. The summed E-state index contributed by atoms with van der Waals surface area (Å²) in [5.41, 5.74) is 0.745. The van der Waals surface area contributed by atoms with E-state index in [1.165, 1.54) is 0 Å². The van der Waals surface area contributed by atoms with Crippen LogP contribution in [0.3, 0.4) is 0 Å². The molecule has 0 spiro atoms. The first kappa shape index (κ1) is 11.2. The van der Waals surface area contributed by atoms with Gasteiger partial charge in [-0.25, -0.2) is 4.98 Å². The summed E-state index contributed by atoms with van der Waals surface area (Å²) >= 11 is 9.06. The fraction of sp³-hybridized carbons (Fsp3) is 0. The second-order valence-corrected chi connectivity index (χ2v) is 4.36. The second kappa shape index (κ2) is 5.18. The van der Waals surface area contributed by atoms with Gasteiger partial charge in [-0.3, -0.25) is 0 Å². The number of benzene rings is 1. The van der Waals surface area contributed by atoms with E-state index in [9.17, 15) is 0 Å². The number of halogens is 2. The average molecular weight is 297 g/mol. The maximum Gasteiger partial charge on any atom is 0.174 e. The van der Waals surface area contributed by atoms with Gasteiger partial charge in [-0.05, 0) is 52.3 Å². The molecule has 0 aliphatic carbocycles. The molecule has 0 unspecified atom stereocenters. The van der Waals surface area contributed by atoms with E-state index < -0.39 is 0 Å². The molecular formula is C11H7BrClN3. The van der Waals surface area contributed by atoms with Gasteiger partial charge in [-0.2, -0.15) is 0 Å². The predicted octanol–water partition coefficient (Wildman–Crippen LogP) is 4.91. The topological polar surface area (TPSA) is 37.6 Å². The molecule has 0 amide bonds. The van der Waals surface area contributed by atoms with E-state index in [0.29, 0.717) is 10.8 Å². The zero-order valence-corrected chi connectivity index (χ0v) is 10.5. The largest absolute Gasteiger partial charge is 0.234 e. The lowest BCUT2D eigenvalue weighted by Gasteiger charge is -1.93. The highest BCUT2D eigenvalue weighted by Crippen LogP contribution is 2.19. The summed E-state index contributed by atoms with van der Waals surface area (Å²) in [4.78, 5) is 4.08. The standard InChI is InChI=1S/C11H7BrClN3/c12-8-1-6-11(14-7-8)16-15-10-4-2-9(13)3-5-10/h1-7H. The third-order valence-corrected chi connectivity index (χ3v) is 2.53. The molecule has 1 aromatic heterocycles. The Bertz CT molecular complexity index is 446. The van der Waals surface area contributed by atoms with Crippen molar-refractivity contribution < 1.29 is 0 Å². The van der Waals surface area contributed by atoms with E-state index >= 15 is 0 Å². The Morgan fingerprint density at radius 2 is 1.75 bits per heavy atom. The minimum absolute atomic E-state index is 0.568. The van der Waals surface area contributed by atoms with Crippen molar-refractivity contribution in [2.45, 2.75) is 0 Å². The molecule has 16 heavy (non-hydrogen) atoms. The highest BCUT2D eigenvalue weighted by atomic mass is 79.9. The molecule has 80 valence electrons. The molecule has 0 fully saturated rings. The van der Waals surface area contributed by atoms with Crippen LogP contribution in [-0.2, 0) is 0 Å². The fourth-order valence-corrected chi connectivity index (χ4v) is 1.40. The lowest BCUT2D eigenvalue weighted by molar-refractivity contribution is 1.15. The van der Waals surface area contributed by atoms with Crippen molar-refractivity contribution in [3.8, 4) is 0 Å². The normalized spacial score (nSPS) is 10.9. The molecule has 1 heterocycles. The number of hydrogen-bond acceptors (Lipinski definition) is 3. The third kappa shape index (κ3) is 3.12. The van der Waals surface area contributed by atoms with E-state index in [4.69, 9.17) is 11.6 Å². The molecule has 2 aromatic rings. The maximum atomic E-state index is 5.76. The molecule has 5 heteroatoms. The van der Waals surface area contributed by atoms with Gasteiger partial charge in [0.2, 0.25) is 0 Å². The minimum Gasteiger partial charge on any atom is -0.234 e. The zero-order valence-electron chi connectivity index (χ0n) is 8.14. The van der Waals surface area contributed by atoms with Crippen LogP contribution in [0.15, 0.2) is 57.3 Å². The molecular weight excluding hydrogens is 289 g/mol. The number of rotatable bonds is 2. The first-order chi connectivity index (χ1) is 7.74. The van der Waals surface area contributed by atoms with Gasteiger partial charge >= 0.3 is 0 Å². The molecule has 0 N–H and O–H groups in total. The van der Waals surface area contributed by atoms with Crippen LogP contribution >= 0.6 is 27.5 Å². The monoisotopic (exact) mass is 295 g/mol. The minimum atomic E-state index is 0.568. The van der Waals surface area contributed by atoms with E-state index in [1.807, 2.05) is 6.07 Å². The average Bonchev–Trinajstić information content (AvgIpc) is 2.30. The van der Waals surface area contributed by atoms with Crippen molar-refractivity contribution in [3.05, 3.63) is 52.1 Å². The second-order valence-electron chi connectivity index (χ2n) is 3.01. The Balaban J connectivity index is 2.15. The molecule has 0 saturated carbocycles. The highest BCUT2D eigenvalue weighted by Gasteiger charge is 1.92. The summed E-state index contributed by atoms with van der Waals surface area (Å²) in [6, 6.07) is 10.8. The first-order valence-electron chi connectivity index (χ1n) is 4.53. The van der Waals surface area contributed by atoms with Crippen LogP contribution in [0.4, 0.5) is 11.5 Å². The molecule has 0 atom stereocenters. The smallest absolute Gasteiger partial charge is 0.174 e. The van der Waals surface area contributed by atoms with E-state index in [2.05, 4.69) is 31.1 Å². The predicted molar refractivity (Wildman–Crippen MR) is 67.6 cm³/mol. The van der Waals surface area contributed by atoms with Gasteiger partial charge < -0.3 is 0 Å². The summed E-state index contributed by atoms with van der Waals surface area (Å²) in [6.07, 6.45) is 1.68. The van der Waals surface area contributed by atoms with Crippen LogP contribution in [0.25, 0.3) is 0 Å². The van der Waals surface area contributed by atoms with Crippen molar-refractivity contribution in [1.29, 1.82) is 0 Å². The van der Waals surface area contributed by atoms with Crippen LogP contribution in [0.5, 0.6) is 0 Å². The third-order valence-electron chi connectivity index (χ3n) is 1.81. The SMILES string of the molecule is Clc1ccc(N=Nc2ccc(Br)cn2)cc1. The number of nitrogens with zero attached hydrogens (tertiary/aromatic N) is 3. The number of hydrogen-bond donors (Lipinski definition) is 0. The number of pyridine rings is 1. The van der Waals surface area contributed by atoms with Crippen molar-refractivity contribution in [1.82, 2.24) is 4.98 Å². The van der Waals surface area contributed by atoms with Crippen molar-refractivity contribution in [3.63, 3.8) is 0 Å². The zero-order chi connectivity index (χ0) is 11.4. The Labute approximate surface area is 106 Å². The lowest BCUT2D eigenvalue weighted by Crippen LogP contribution is -1.71. The Morgan fingerprint density at radius 3 is 2.38 bits per heavy atom. The molecule has 0 saturated heterocycles. The molecule has 2 rings (SSSR count). The summed E-state index contributed by atoms with van der Waals surface area (Å²) in [6.45, 7) is 0. The van der Waals surface area contributed by atoms with Gasteiger partial charge in [-0.1, -0.05) is 11.6 Å². The fourth-order valence-electron chi connectivity index (χ4n) is 1.04. The highest BCUT2D eigenvalue weighted by molar-refractivity contribution is 9.10. The van der Waals surface area contributed by atoms with Gasteiger partial charge in [0.1, 0.15) is 0 Å².